The number of halogens is 1. The molecule has 2 aromatic rings. The largest absolute Gasteiger partial charge is 0.490 e. The molecule has 0 radical (unpaired) electrons. The summed E-state index contributed by atoms with van der Waals surface area (Å²) in [4.78, 5) is 27.6. The second-order valence-electron chi connectivity index (χ2n) is 7.27. The highest BCUT2D eigenvalue weighted by Gasteiger charge is 2.39. The van der Waals surface area contributed by atoms with Crippen molar-refractivity contribution >= 4 is 17.4 Å². The fourth-order valence-corrected chi connectivity index (χ4v) is 4.12. The number of amides is 1. The average molecular weight is 391 g/mol. The maximum atomic E-state index is 13.4. The molecule has 0 N–H and O–H groups in total. The van der Waals surface area contributed by atoms with E-state index in [1.807, 2.05) is 24.3 Å². The second kappa shape index (κ2) is 8.03. The lowest BCUT2D eigenvalue weighted by atomic mass is 9.77. The summed E-state index contributed by atoms with van der Waals surface area (Å²) in [6.45, 7) is 4.05. The van der Waals surface area contributed by atoms with Gasteiger partial charge < -0.3 is 4.74 Å². The van der Waals surface area contributed by atoms with Crippen LogP contribution in [0.4, 0.5) is 10.1 Å². The van der Waals surface area contributed by atoms with Crippen LogP contribution in [0.1, 0.15) is 37.2 Å². The SMILES string of the molecule is C=CCOc1ccc(C2CC(=O)N(c3ccc(F)cc3)C3=C2C(=O)CCC3)cc1. The van der Waals surface area contributed by atoms with E-state index in [4.69, 9.17) is 4.74 Å². The summed E-state index contributed by atoms with van der Waals surface area (Å²) < 4.78 is 18.9. The van der Waals surface area contributed by atoms with Crippen molar-refractivity contribution in [1.29, 1.82) is 0 Å². The van der Waals surface area contributed by atoms with Crippen molar-refractivity contribution in [2.75, 3.05) is 11.5 Å². The van der Waals surface area contributed by atoms with Crippen LogP contribution in [0.15, 0.2) is 72.5 Å². The standard InChI is InChI=1S/C24H22FNO3/c1-2-14-29-19-12-6-16(7-13-19)20-15-23(28)26(18-10-8-17(25)9-11-18)21-4-3-5-22(27)24(20)21/h2,6-13,20H,1,3-5,14-15H2. The molecule has 1 aliphatic carbocycles. The molecule has 2 aliphatic rings. The highest BCUT2D eigenvalue weighted by Crippen LogP contribution is 2.43. The number of hydrogen-bond acceptors (Lipinski definition) is 3. The minimum absolute atomic E-state index is 0.0814. The smallest absolute Gasteiger partial charge is 0.232 e. The molecule has 4 nitrogen and oxygen atoms in total. The average Bonchev–Trinajstić information content (AvgIpc) is 2.73. The first-order valence-electron chi connectivity index (χ1n) is 9.77. The molecule has 5 heteroatoms. The monoisotopic (exact) mass is 391 g/mol. The molecule has 29 heavy (non-hydrogen) atoms. The van der Waals surface area contributed by atoms with Crippen LogP contribution in [0.5, 0.6) is 5.75 Å². The second-order valence-corrected chi connectivity index (χ2v) is 7.27. The van der Waals surface area contributed by atoms with Gasteiger partial charge >= 0.3 is 0 Å². The highest BCUT2D eigenvalue weighted by atomic mass is 19.1. The molecule has 4 rings (SSSR count). The number of benzene rings is 2. The van der Waals surface area contributed by atoms with Crippen molar-refractivity contribution in [3.05, 3.63) is 83.8 Å². The van der Waals surface area contributed by atoms with Crippen molar-refractivity contribution in [2.24, 2.45) is 0 Å². The molecule has 1 amide bonds. The number of ether oxygens (including phenoxy) is 1. The fourth-order valence-electron chi connectivity index (χ4n) is 4.12. The van der Waals surface area contributed by atoms with E-state index < -0.39 is 0 Å². The lowest BCUT2D eigenvalue weighted by Crippen LogP contribution is -2.40. The molecule has 2 aromatic carbocycles. The third kappa shape index (κ3) is 3.73. The fraction of sp³-hybridized carbons (Fsp3) is 0.250. The summed E-state index contributed by atoms with van der Waals surface area (Å²) in [6.07, 6.45) is 3.73. The summed E-state index contributed by atoms with van der Waals surface area (Å²) in [5.74, 6) is 0.0945. The van der Waals surface area contributed by atoms with E-state index in [-0.39, 0.29) is 29.8 Å². The molecule has 0 saturated heterocycles. The van der Waals surface area contributed by atoms with E-state index in [9.17, 15) is 14.0 Å². The van der Waals surface area contributed by atoms with Gasteiger partial charge in [0.25, 0.3) is 0 Å². The van der Waals surface area contributed by atoms with Crippen LogP contribution in [-0.4, -0.2) is 18.3 Å². The van der Waals surface area contributed by atoms with Crippen LogP contribution >= 0.6 is 0 Å². The minimum atomic E-state index is -0.358. The van der Waals surface area contributed by atoms with Crippen LogP contribution in [0.25, 0.3) is 0 Å². The van der Waals surface area contributed by atoms with Gasteiger partial charge in [0.2, 0.25) is 5.91 Å². The van der Waals surface area contributed by atoms with Gasteiger partial charge in [-0.3, -0.25) is 14.5 Å². The van der Waals surface area contributed by atoms with Crippen molar-refractivity contribution < 1.29 is 18.7 Å². The lowest BCUT2D eigenvalue weighted by molar-refractivity contribution is -0.119. The van der Waals surface area contributed by atoms with E-state index in [1.54, 1.807) is 23.1 Å². The molecule has 1 atom stereocenters. The van der Waals surface area contributed by atoms with E-state index in [0.29, 0.717) is 42.9 Å². The summed E-state index contributed by atoms with van der Waals surface area (Å²) >= 11 is 0. The van der Waals surface area contributed by atoms with Gasteiger partial charge in [-0.1, -0.05) is 24.8 Å². The van der Waals surface area contributed by atoms with E-state index in [1.165, 1.54) is 12.1 Å². The molecule has 0 saturated carbocycles. The normalized spacial score (nSPS) is 19.2. The van der Waals surface area contributed by atoms with Gasteiger partial charge in [0.05, 0.1) is 0 Å². The number of ketones is 1. The van der Waals surface area contributed by atoms with Crippen molar-refractivity contribution in [3.63, 3.8) is 0 Å². The number of allylic oxidation sites excluding steroid dienone is 2. The Hall–Kier alpha value is -3.21. The van der Waals surface area contributed by atoms with E-state index >= 15 is 0 Å². The maximum Gasteiger partial charge on any atom is 0.232 e. The van der Waals surface area contributed by atoms with Gasteiger partial charge in [-0.05, 0) is 54.8 Å². The Balaban J connectivity index is 1.74. The van der Waals surface area contributed by atoms with Crippen LogP contribution in [0.3, 0.4) is 0 Å². The molecule has 0 fully saturated rings. The maximum absolute atomic E-state index is 13.4. The summed E-state index contributed by atoms with van der Waals surface area (Å²) in [5, 5.41) is 0. The van der Waals surface area contributed by atoms with Crippen molar-refractivity contribution in [3.8, 4) is 5.75 Å². The highest BCUT2D eigenvalue weighted by molar-refractivity contribution is 6.07. The van der Waals surface area contributed by atoms with Crippen molar-refractivity contribution in [1.82, 2.24) is 0 Å². The van der Waals surface area contributed by atoms with Crippen LogP contribution in [0, 0.1) is 5.82 Å². The summed E-state index contributed by atoms with van der Waals surface area (Å²) in [6, 6.07) is 13.4. The molecule has 0 aromatic heterocycles. The minimum Gasteiger partial charge on any atom is -0.490 e. The first-order chi connectivity index (χ1) is 14.1. The van der Waals surface area contributed by atoms with E-state index in [2.05, 4.69) is 6.58 Å². The number of carbonyl (C=O) groups excluding carboxylic acids is 2. The number of carbonyl (C=O) groups is 2. The molecule has 148 valence electrons. The number of rotatable bonds is 5. The van der Waals surface area contributed by atoms with Gasteiger partial charge in [-0.15, -0.1) is 0 Å². The Morgan fingerprint density at radius 2 is 1.79 bits per heavy atom. The molecule has 0 bridgehead atoms. The number of nitrogens with zero attached hydrogens (tertiary/aromatic N) is 1. The number of anilines is 1. The number of hydrogen-bond donors (Lipinski definition) is 0. The Labute approximate surface area is 169 Å². The number of Topliss-reactive ketones (excluding diaryl/α,β-unsaturated/α-hetero) is 1. The molecule has 1 aliphatic heterocycles. The lowest BCUT2D eigenvalue weighted by Gasteiger charge is -2.38. The quantitative estimate of drug-likeness (QED) is 0.680. The molecular formula is C24H22FNO3. The van der Waals surface area contributed by atoms with E-state index in [0.717, 1.165) is 11.3 Å². The van der Waals surface area contributed by atoms with Gasteiger partial charge in [0.15, 0.2) is 5.78 Å². The van der Waals surface area contributed by atoms with Crippen LogP contribution in [-0.2, 0) is 9.59 Å². The summed E-state index contributed by atoms with van der Waals surface area (Å²) in [7, 11) is 0. The zero-order valence-electron chi connectivity index (χ0n) is 16.1. The molecule has 1 unspecified atom stereocenters. The van der Waals surface area contributed by atoms with Gasteiger partial charge in [0.1, 0.15) is 18.2 Å². The van der Waals surface area contributed by atoms with Gasteiger partial charge in [-0.2, -0.15) is 0 Å². The molecule has 1 heterocycles. The Morgan fingerprint density at radius 1 is 1.07 bits per heavy atom. The first kappa shape index (κ1) is 19.1. The third-order valence-corrected chi connectivity index (χ3v) is 5.41. The van der Waals surface area contributed by atoms with Crippen LogP contribution in [0.2, 0.25) is 0 Å². The van der Waals surface area contributed by atoms with Crippen LogP contribution < -0.4 is 9.64 Å². The summed E-state index contributed by atoms with van der Waals surface area (Å²) in [5.41, 5.74) is 2.98. The molecule has 0 spiro atoms. The van der Waals surface area contributed by atoms with Gasteiger partial charge in [-0.25, -0.2) is 4.39 Å². The van der Waals surface area contributed by atoms with Crippen molar-refractivity contribution in [2.45, 2.75) is 31.6 Å². The molecular weight excluding hydrogens is 369 g/mol. The Bertz CT molecular complexity index is 976. The topological polar surface area (TPSA) is 46.6 Å². The Kier molecular flexibility index (Phi) is 5.30. The Morgan fingerprint density at radius 3 is 2.48 bits per heavy atom. The predicted molar refractivity (Wildman–Crippen MR) is 109 cm³/mol. The third-order valence-electron chi connectivity index (χ3n) is 5.41. The zero-order valence-corrected chi connectivity index (χ0v) is 16.1. The van der Waals surface area contributed by atoms with Gasteiger partial charge in [0, 0.05) is 35.7 Å². The first-order valence-corrected chi connectivity index (χ1v) is 9.77. The zero-order chi connectivity index (χ0) is 20.4. The predicted octanol–water partition coefficient (Wildman–Crippen LogP) is 4.92.